The van der Waals surface area contributed by atoms with E-state index in [0.717, 1.165) is 36.4 Å². The lowest BCUT2D eigenvalue weighted by molar-refractivity contribution is -0.138. The van der Waals surface area contributed by atoms with Crippen LogP contribution in [-0.2, 0) is 22.4 Å². The zero-order valence-electron chi connectivity index (χ0n) is 13.3. The molecule has 148 valence electrons. The molecule has 2 N–H and O–H groups in total. The second-order valence-electron chi connectivity index (χ2n) is 5.51. The highest BCUT2D eigenvalue weighted by Gasteiger charge is 2.32. The smallest absolute Gasteiger partial charge is 0.387 e. The van der Waals surface area contributed by atoms with Gasteiger partial charge < -0.3 is 5.11 Å². The molecule has 2 rings (SSSR count). The molecule has 0 aliphatic carbocycles. The number of hydrogen-bond donors (Lipinski definition) is 2. The van der Waals surface area contributed by atoms with Crippen LogP contribution in [0.25, 0.3) is 0 Å². The van der Waals surface area contributed by atoms with E-state index in [1.54, 1.807) is 0 Å². The monoisotopic (exact) mass is 413 g/mol. The summed E-state index contributed by atoms with van der Waals surface area (Å²) in [4.78, 5) is -0.656. The maximum Gasteiger partial charge on any atom is 0.416 e. The van der Waals surface area contributed by atoms with Crippen LogP contribution in [0.1, 0.15) is 22.8 Å². The Kier molecular flexibility index (Phi) is 5.88. The van der Waals surface area contributed by atoms with Crippen molar-refractivity contribution < 1.29 is 39.9 Å². The number of sulfonamides is 1. The van der Waals surface area contributed by atoms with Gasteiger partial charge in [0.25, 0.3) is 0 Å². The molecule has 11 heteroatoms. The quantitative estimate of drug-likeness (QED) is 0.734. The molecule has 0 saturated heterocycles. The Morgan fingerprint density at radius 1 is 0.889 bits per heavy atom. The summed E-state index contributed by atoms with van der Waals surface area (Å²) in [5.74, 6) is 0. The van der Waals surface area contributed by atoms with Crippen LogP contribution in [0, 0.1) is 0 Å². The molecule has 1 unspecified atom stereocenters. The highest BCUT2D eigenvalue weighted by atomic mass is 32.2. The molecule has 0 bridgehead atoms. The molecule has 0 heterocycles. The van der Waals surface area contributed by atoms with Crippen LogP contribution < -0.4 is 4.72 Å². The lowest BCUT2D eigenvalue weighted by Gasteiger charge is -2.14. The maximum atomic E-state index is 12.7. The van der Waals surface area contributed by atoms with Crippen LogP contribution in [0.2, 0.25) is 0 Å². The molecule has 0 saturated carbocycles. The number of aliphatic hydroxyl groups is 1. The first-order valence-electron chi connectivity index (χ1n) is 7.33. The molecule has 0 amide bonds. The molecule has 27 heavy (non-hydrogen) atoms. The van der Waals surface area contributed by atoms with E-state index in [-0.39, 0.29) is 5.56 Å². The molecule has 4 nitrogen and oxygen atoms in total. The highest BCUT2D eigenvalue weighted by Crippen LogP contribution is 2.31. The SMILES string of the molecule is O=S(=O)(NCC(O)c1ccc(C(F)(F)F)cc1)c1cccc(C(F)(F)F)c1. The number of halogens is 6. The number of nitrogens with one attached hydrogen (secondary N) is 1. The Morgan fingerprint density at radius 2 is 1.44 bits per heavy atom. The van der Waals surface area contributed by atoms with Gasteiger partial charge in [0.05, 0.1) is 22.1 Å². The summed E-state index contributed by atoms with van der Waals surface area (Å²) in [6, 6.07) is 6.41. The van der Waals surface area contributed by atoms with Gasteiger partial charge in [0.15, 0.2) is 0 Å². The number of rotatable bonds is 5. The third-order valence-corrected chi connectivity index (χ3v) is 4.98. The summed E-state index contributed by atoms with van der Waals surface area (Å²) >= 11 is 0. The van der Waals surface area contributed by atoms with Gasteiger partial charge in [-0.25, -0.2) is 13.1 Å². The largest absolute Gasteiger partial charge is 0.416 e. The Balaban J connectivity index is 2.11. The average Bonchev–Trinajstić information content (AvgIpc) is 2.58. The van der Waals surface area contributed by atoms with Gasteiger partial charge in [-0.3, -0.25) is 0 Å². The predicted molar refractivity (Wildman–Crippen MR) is 83.0 cm³/mol. The maximum absolute atomic E-state index is 12.7. The molecule has 0 spiro atoms. The minimum absolute atomic E-state index is 0.00902. The molecular weight excluding hydrogens is 400 g/mol. The predicted octanol–water partition coefficient (Wildman–Crippen LogP) is 3.74. The zero-order valence-corrected chi connectivity index (χ0v) is 14.2. The topological polar surface area (TPSA) is 66.4 Å². The van der Waals surface area contributed by atoms with Crippen LogP contribution in [0.4, 0.5) is 26.3 Å². The van der Waals surface area contributed by atoms with Crippen molar-refractivity contribution in [2.24, 2.45) is 0 Å². The van der Waals surface area contributed by atoms with E-state index >= 15 is 0 Å². The summed E-state index contributed by atoms with van der Waals surface area (Å²) < 4.78 is 102. The summed E-state index contributed by atoms with van der Waals surface area (Å²) in [5, 5.41) is 9.92. The van der Waals surface area contributed by atoms with Gasteiger partial charge in [-0.2, -0.15) is 26.3 Å². The van der Waals surface area contributed by atoms with Gasteiger partial charge in [-0.15, -0.1) is 0 Å². The molecule has 0 aromatic heterocycles. The van der Waals surface area contributed by atoms with E-state index in [1.807, 2.05) is 4.72 Å². The highest BCUT2D eigenvalue weighted by molar-refractivity contribution is 7.89. The van der Waals surface area contributed by atoms with Crippen LogP contribution >= 0.6 is 0 Å². The fourth-order valence-corrected chi connectivity index (χ4v) is 3.21. The van der Waals surface area contributed by atoms with E-state index in [0.29, 0.717) is 12.1 Å². The lowest BCUT2D eigenvalue weighted by Crippen LogP contribution is -2.28. The van der Waals surface area contributed by atoms with Gasteiger partial charge in [0, 0.05) is 6.54 Å². The molecule has 2 aromatic rings. The zero-order chi connectivity index (χ0) is 20.5. The minimum Gasteiger partial charge on any atom is -0.387 e. The van der Waals surface area contributed by atoms with Crippen molar-refractivity contribution in [2.75, 3.05) is 6.54 Å². The summed E-state index contributed by atoms with van der Waals surface area (Å²) in [5.41, 5.74) is -2.09. The molecule has 1 atom stereocenters. The average molecular weight is 413 g/mol. The number of alkyl halides is 6. The second-order valence-corrected chi connectivity index (χ2v) is 7.28. The third kappa shape index (κ3) is 5.44. The molecule has 0 radical (unpaired) electrons. The van der Waals surface area contributed by atoms with Crippen molar-refractivity contribution in [3.8, 4) is 0 Å². The third-order valence-electron chi connectivity index (χ3n) is 3.56. The first-order valence-corrected chi connectivity index (χ1v) is 8.81. The van der Waals surface area contributed by atoms with Crippen molar-refractivity contribution >= 4 is 10.0 Å². The molecule has 0 fully saturated rings. The summed E-state index contributed by atoms with van der Waals surface area (Å²) in [6.45, 7) is -0.635. The van der Waals surface area contributed by atoms with Crippen LogP contribution in [0.5, 0.6) is 0 Å². The van der Waals surface area contributed by atoms with Gasteiger partial charge in [-0.1, -0.05) is 18.2 Å². The molecule has 2 aromatic carbocycles. The molecular formula is C16H13F6NO3S. The Hall–Kier alpha value is -2.11. The minimum atomic E-state index is -4.73. The van der Waals surface area contributed by atoms with Gasteiger partial charge in [0.2, 0.25) is 10.0 Å². The molecule has 0 aliphatic heterocycles. The van der Waals surface area contributed by atoms with Crippen LogP contribution in [0.15, 0.2) is 53.4 Å². The normalized spacial score (nSPS) is 14.2. The standard InChI is InChI=1S/C16H13F6NO3S/c17-15(18,19)11-6-4-10(5-7-11)14(24)9-23-27(25,26)13-3-1-2-12(8-13)16(20,21)22/h1-8,14,23-24H,9H2. The number of benzene rings is 2. The van der Waals surface area contributed by atoms with E-state index < -0.39 is 51.0 Å². The van der Waals surface area contributed by atoms with Crippen molar-refractivity contribution in [2.45, 2.75) is 23.4 Å². The lowest BCUT2D eigenvalue weighted by atomic mass is 10.1. The van der Waals surface area contributed by atoms with Crippen molar-refractivity contribution in [3.63, 3.8) is 0 Å². The van der Waals surface area contributed by atoms with E-state index in [4.69, 9.17) is 0 Å². The first kappa shape index (κ1) is 21.2. The van der Waals surface area contributed by atoms with Gasteiger partial charge in [0.1, 0.15) is 0 Å². The Bertz CT molecular complexity index is 892. The summed E-state index contributed by atoms with van der Waals surface area (Å²) in [7, 11) is -4.37. The molecule has 0 aliphatic rings. The van der Waals surface area contributed by atoms with E-state index in [1.165, 1.54) is 0 Å². The van der Waals surface area contributed by atoms with E-state index in [9.17, 15) is 39.9 Å². The number of hydrogen-bond acceptors (Lipinski definition) is 3. The van der Waals surface area contributed by atoms with Crippen LogP contribution in [-0.4, -0.2) is 20.1 Å². The summed E-state index contributed by atoms with van der Waals surface area (Å²) in [6.07, 6.45) is -10.8. The van der Waals surface area contributed by atoms with Crippen molar-refractivity contribution in [1.29, 1.82) is 0 Å². The fourth-order valence-electron chi connectivity index (χ4n) is 2.12. The first-order chi connectivity index (χ1) is 12.3. The fraction of sp³-hybridized carbons (Fsp3) is 0.250. The second kappa shape index (κ2) is 7.49. The number of aliphatic hydroxyl groups excluding tert-OH is 1. The van der Waals surface area contributed by atoms with Gasteiger partial charge >= 0.3 is 12.4 Å². The van der Waals surface area contributed by atoms with Gasteiger partial charge in [-0.05, 0) is 35.9 Å². The van der Waals surface area contributed by atoms with E-state index in [2.05, 4.69) is 0 Å². The Labute approximate surface area is 150 Å². The van der Waals surface area contributed by atoms with Crippen LogP contribution in [0.3, 0.4) is 0 Å². The van der Waals surface area contributed by atoms with Crippen molar-refractivity contribution in [3.05, 3.63) is 65.2 Å². The Morgan fingerprint density at radius 3 is 1.96 bits per heavy atom. The van der Waals surface area contributed by atoms with Crippen molar-refractivity contribution in [1.82, 2.24) is 4.72 Å².